The molecule has 5 rings (SSSR count). The van der Waals surface area contributed by atoms with E-state index in [2.05, 4.69) is 36.3 Å². The van der Waals surface area contributed by atoms with Gasteiger partial charge in [0.25, 0.3) is 5.91 Å². The van der Waals surface area contributed by atoms with Gasteiger partial charge < -0.3 is 20.4 Å². The van der Waals surface area contributed by atoms with Gasteiger partial charge >= 0.3 is 5.97 Å². The van der Waals surface area contributed by atoms with Crippen LogP contribution in [0.5, 0.6) is 0 Å². The van der Waals surface area contributed by atoms with Crippen molar-refractivity contribution in [2.75, 3.05) is 13.2 Å². The largest absolute Gasteiger partial charge is 0.481 e. The van der Waals surface area contributed by atoms with Gasteiger partial charge in [-0.1, -0.05) is 60.8 Å². The summed E-state index contributed by atoms with van der Waals surface area (Å²) in [5.41, 5.74) is 2.13. The SMILES string of the molecule is C#C[C@@]1(O)CC[C@H]2[C@H]3CCC4=CC(=NOCC(=O)NC[C@@H](CC(=O)O)c5ccccc5)CC[C@]4(C)[C@H]3CC[C@]21C. The first-order chi connectivity index (χ1) is 19.1. The summed E-state index contributed by atoms with van der Waals surface area (Å²) in [4.78, 5) is 29.2. The Morgan fingerprint density at radius 3 is 2.60 bits per heavy atom. The topological polar surface area (TPSA) is 108 Å². The molecule has 3 saturated carbocycles. The Morgan fingerprint density at radius 1 is 1.12 bits per heavy atom. The second kappa shape index (κ2) is 11.0. The summed E-state index contributed by atoms with van der Waals surface area (Å²) in [5.74, 6) is 2.87. The van der Waals surface area contributed by atoms with Crippen molar-refractivity contribution in [2.24, 2.45) is 33.7 Å². The van der Waals surface area contributed by atoms with Crippen LogP contribution in [0.4, 0.5) is 0 Å². The maximum Gasteiger partial charge on any atom is 0.304 e. The molecule has 0 bridgehead atoms. The minimum atomic E-state index is -0.978. The smallest absolute Gasteiger partial charge is 0.304 e. The number of aliphatic carboxylic acids is 1. The highest BCUT2D eigenvalue weighted by Gasteiger charge is 2.63. The van der Waals surface area contributed by atoms with Crippen LogP contribution in [-0.4, -0.2) is 46.6 Å². The molecule has 0 aromatic heterocycles. The second-order valence-electron chi connectivity index (χ2n) is 12.9. The average Bonchev–Trinajstić information content (AvgIpc) is 3.22. The number of amides is 1. The second-order valence-corrected chi connectivity index (χ2v) is 12.9. The van der Waals surface area contributed by atoms with E-state index in [0.717, 1.165) is 56.2 Å². The Labute approximate surface area is 237 Å². The minimum absolute atomic E-state index is 0.0631. The van der Waals surface area contributed by atoms with Crippen LogP contribution in [0, 0.1) is 40.9 Å². The van der Waals surface area contributed by atoms with Crippen LogP contribution in [0.1, 0.15) is 83.1 Å². The number of benzene rings is 1. The lowest BCUT2D eigenvalue weighted by atomic mass is 9.46. The molecule has 7 atom stereocenters. The molecule has 3 N–H and O–H groups in total. The lowest BCUT2D eigenvalue weighted by Crippen LogP contribution is -2.54. The third-order valence-electron chi connectivity index (χ3n) is 11.0. The van der Waals surface area contributed by atoms with Gasteiger partial charge in [-0.2, -0.15) is 0 Å². The molecular weight excluding hydrogens is 504 g/mol. The molecule has 4 aliphatic carbocycles. The van der Waals surface area contributed by atoms with E-state index in [1.807, 2.05) is 30.3 Å². The molecule has 1 amide bonds. The fourth-order valence-electron chi connectivity index (χ4n) is 8.60. The summed E-state index contributed by atoms with van der Waals surface area (Å²) in [6.45, 7) is 4.65. The van der Waals surface area contributed by atoms with Crippen molar-refractivity contribution in [2.45, 2.75) is 83.2 Å². The summed E-state index contributed by atoms with van der Waals surface area (Å²) >= 11 is 0. The third kappa shape index (κ3) is 5.07. The van der Waals surface area contributed by atoms with Crippen LogP contribution in [0.2, 0.25) is 0 Å². The third-order valence-corrected chi connectivity index (χ3v) is 11.0. The van der Waals surface area contributed by atoms with Gasteiger partial charge in [-0.3, -0.25) is 9.59 Å². The Hall–Kier alpha value is -3.11. The highest BCUT2D eigenvalue weighted by molar-refractivity contribution is 5.96. The van der Waals surface area contributed by atoms with E-state index < -0.39 is 11.6 Å². The first-order valence-electron chi connectivity index (χ1n) is 14.7. The monoisotopic (exact) mass is 546 g/mol. The zero-order chi connectivity index (χ0) is 28.5. The van der Waals surface area contributed by atoms with Gasteiger partial charge in [-0.15, -0.1) is 6.42 Å². The summed E-state index contributed by atoms with van der Waals surface area (Å²) in [6.07, 6.45) is 15.7. The average molecular weight is 547 g/mol. The van der Waals surface area contributed by atoms with E-state index in [-0.39, 0.29) is 42.2 Å². The van der Waals surface area contributed by atoms with Crippen molar-refractivity contribution in [3.63, 3.8) is 0 Å². The molecule has 0 radical (unpaired) electrons. The number of hydrogen-bond acceptors (Lipinski definition) is 5. The first-order valence-corrected chi connectivity index (χ1v) is 14.7. The first kappa shape index (κ1) is 28.4. The molecule has 0 aliphatic heterocycles. The van der Waals surface area contributed by atoms with Crippen LogP contribution < -0.4 is 5.32 Å². The number of nitrogens with one attached hydrogen (secondary N) is 1. The Balaban J connectivity index is 1.17. The van der Waals surface area contributed by atoms with Gasteiger partial charge in [0.1, 0.15) is 5.60 Å². The molecule has 1 aromatic carbocycles. The number of nitrogens with zero attached hydrogens (tertiary/aromatic N) is 1. The van der Waals surface area contributed by atoms with Gasteiger partial charge in [0.2, 0.25) is 0 Å². The van der Waals surface area contributed by atoms with Crippen LogP contribution in [-0.2, 0) is 14.4 Å². The molecule has 0 heterocycles. The van der Waals surface area contributed by atoms with E-state index >= 15 is 0 Å². The highest BCUT2D eigenvalue weighted by Crippen LogP contribution is 2.67. The number of oxime groups is 1. The highest BCUT2D eigenvalue weighted by atomic mass is 16.6. The van der Waals surface area contributed by atoms with E-state index in [4.69, 9.17) is 11.3 Å². The lowest BCUT2D eigenvalue weighted by molar-refractivity contribution is -0.137. The molecule has 7 nitrogen and oxygen atoms in total. The van der Waals surface area contributed by atoms with E-state index in [0.29, 0.717) is 24.2 Å². The predicted octanol–water partition coefficient (Wildman–Crippen LogP) is 5.06. The standard InChI is InChI=1S/C33H42N2O5/c1-4-33(39)17-14-28-26-11-10-24-19-25(12-15-31(24,2)27(26)13-16-32(28,33)3)35-40-21-29(36)34-20-23(18-30(37)38)22-8-6-5-7-9-22/h1,5-9,19,23,26-28,39H,10-18,20-21H2,2-3H3,(H,34,36)(H,37,38)/t23-,26+,27+,28+,31+,32-,33-/m1/s1. The van der Waals surface area contributed by atoms with Gasteiger partial charge in [0.05, 0.1) is 12.1 Å². The molecular formula is C33H42N2O5. The van der Waals surface area contributed by atoms with Gasteiger partial charge in [-0.25, -0.2) is 0 Å². The van der Waals surface area contributed by atoms with E-state index in [1.54, 1.807) is 0 Å². The molecule has 0 unspecified atom stereocenters. The quantitative estimate of drug-likeness (QED) is 0.312. The lowest BCUT2D eigenvalue weighted by Gasteiger charge is -2.58. The number of carboxylic acid groups (broad SMARTS) is 1. The molecule has 40 heavy (non-hydrogen) atoms. The van der Waals surface area contributed by atoms with Crippen LogP contribution in [0.25, 0.3) is 0 Å². The maximum atomic E-state index is 12.4. The molecule has 3 fully saturated rings. The Morgan fingerprint density at radius 2 is 1.88 bits per heavy atom. The summed E-state index contributed by atoms with van der Waals surface area (Å²) in [7, 11) is 0. The van der Waals surface area contributed by atoms with Gasteiger partial charge in [0, 0.05) is 17.9 Å². The number of rotatable bonds is 8. The number of allylic oxidation sites excluding steroid dienone is 2. The summed E-state index contributed by atoms with van der Waals surface area (Å²) in [6, 6.07) is 9.34. The number of terminal acetylenes is 1. The molecule has 0 spiro atoms. The number of aliphatic hydroxyl groups is 1. The van der Waals surface area contributed by atoms with Crippen LogP contribution in [0.15, 0.2) is 47.1 Å². The molecule has 1 aromatic rings. The van der Waals surface area contributed by atoms with Crippen molar-refractivity contribution < 1.29 is 24.6 Å². The molecule has 7 heteroatoms. The van der Waals surface area contributed by atoms with E-state index in [9.17, 15) is 19.8 Å². The number of fused-ring (bicyclic) bond motifs is 5. The zero-order valence-corrected chi connectivity index (χ0v) is 23.7. The summed E-state index contributed by atoms with van der Waals surface area (Å²) < 4.78 is 0. The molecule has 4 aliphatic rings. The van der Waals surface area contributed by atoms with E-state index in [1.165, 1.54) is 5.57 Å². The normalized spacial score (nSPS) is 36.3. The van der Waals surface area contributed by atoms with Crippen molar-refractivity contribution in [3.8, 4) is 12.3 Å². The van der Waals surface area contributed by atoms with Crippen molar-refractivity contribution in [1.29, 1.82) is 0 Å². The number of carbonyl (C=O) groups excluding carboxylic acids is 1. The maximum absolute atomic E-state index is 12.4. The molecule has 214 valence electrons. The fraction of sp³-hybridized carbons (Fsp3) is 0.606. The number of hydrogen-bond donors (Lipinski definition) is 3. The number of carbonyl (C=O) groups is 2. The summed E-state index contributed by atoms with van der Waals surface area (Å²) in [5, 5.41) is 27.6. The van der Waals surface area contributed by atoms with Gasteiger partial charge in [-0.05, 0) is 86.2 Å². The minimum Gasteiger partial charge on any atom is -0.481 e. The number of carboxylic acids is 1. The fourth-order valence-corrected chi connectivity index (χ4v) is 8.60. The Kier molecular flexibility index (Phi) is 7.85. The molecule has 0 saturated heterocycles. The van der Waals surface area contributed by atoms with Crippen molar-refractivity contribution >= 4 is 17.6 Å². The zero-order valence-electron chi connectivity index (χ0n) is 23.7. The van der Waals surface area contributed by atoms with Crippen molar-refractivity contribution in [3.05, 3.63) is 47.5 Å². The van der Waals surface area contributed by atoms with Crippen molar-refractivity contribution in [1.82, 2.24) is 5.32 Å². The van der Waals surface area contributed by atoms with Gasteiger partial charge in [0.15, 0.2) is 6.61 Å². The van der Waals surface area contributed by atoms with Crippen LogP contribution >= 0.6 is 0 Å². The predicted molar refractivity (Wildman–Crippen MR) is 153 cm³/mol. The van der Waals surface area contributed by atoms with Crippen LogP contribution in [0.3, 0.4) is 0 Å². The Bertz CT molecular complexity index is 1230.